The van der Waals surface area contributed by atoms with Crippen LogP contribution in [0.3, 0.4) is 0 Å². The lowest BCUT2D eigenvalue weighted by Gasteiger charge is -2.28. The molecule has 1 aromatic rings. The van der Waals surface area contributed by atoms with Crippen molar-refractivity contribution in [2.75, 3.05) is 0 Å². The molecular weight excluding hydrogens is 224 g/mol. The number of esters is 2. The number of carbonyl (C=O) groups is 2. The molecule has 17 heavy (non-hydrogen) atoms. The van der Waals surface area contributed by atoms with E-state index in [9.17, 15) is 9.59 Å². The maximum Gasteiger partial charge on any atom is 0.320 e. The third-order valence-electron chi connectivity index (χ3n) is 1.76. The Kier molecular flexibility index (Phi) is 4.09. The molecule has 1 fully saturated rings. The fraction of sp³-hybridized carbons (Fsp3) is 0.333. The molecule has 1 saturated heterocycles. The summed E-state index contributed by atoms with van der Waals surface area (Å²) in [5.41, 5.74) is 0. The van der Waals surface area contributed by atoms with Gasteiger partial charge in [-0.05, 0) is 12.1 Å². The number of benzene rings is 1. The molecule has 0 amide bonds. The van der Waals surface area contributed by atoms with Gasteiger partial charge in [-0.1, -0.05) is 18.2 Å². The second-order valence-electron chi connectivity index (χ2n) is 3.86. The SMILES string of the molecule is CC1(C)OC(=O)CC(=O)O1.Oc1ccccc1. The first-order chi connectivity index (χ1) is 7.89. The molecule has 1 heterocycles. The van der Waals surface area contributed by atoms with Crippen molar-refractivity contribution in [2.24, 2.45) is 0 Å². The predicted molar refractivity (Wildman–Crippen MR) is 59.0 cm³/mol. The van der Waals surface area contributed by atoms with Gasteiger partial charge < -0.3 is 14.6 Å². The minimum atomic E-state index is -1.08. The Morgan fingerprint density at radius 3 is 1.82 bits per heavy atom. The highest BCUT2D eigenvalue weighted by molar-refractivity contribution is 5.92. The van der Waals surface area contributed by atoms with Crippen LogP contribution >= 0.6 is 0 Å². The molecule has 1 aromatic carbocycles. The van der Waals surface area contributed by atoms with Crippen LogP contribution in [-0.4, -0.2) is 22.8 Å². The molecular formula is C12H14O5. The van der Waals surface area contributed by atoms with Crippen molar-refractivity contribution >= 4 is 11.9 Å². The van der Waals surface area contributed by atoms with Crippen LogP contribution in [0, 0.1) is 0 Å². The zero-order chi connectivity index (χ0) is 12.9. The zero-order valence-electron chi connectivity index (χ0n) is 9.67. The van der Waals surface area contributed by atoms with Gasteiger partial charge >= 0.3 is 11.9 Å². The monoisotopic (exact) mass is 238 g/mol. The van der Waals surface area contributed by atoms with Gasteiger partial charge in [-0.25, -0.2) is 0 Å². The molecule has 1 aliphatic rings. The molecule has 0 atom stereocenters. The number of carbonyl (C=O) groups excluding carboxylic acids is 2. The maximum absolute atomic E-state index is 10.6. The molecule has 1 N–H and O–H groups in total. The number of hydrogen-bond donors (Lipinski definition) is 1. The van der Waals surface area contributed by atoms with Gasteiger partial charge in [0.15, 0.2) is 0 Å². The molecule has 0 spiro atoms. The van der Waals surface area contributed by atoms with Crippen LogP contribution in [0.5, 0.6) is 5.75 Å². The minimum Gasteiger partial charge on any atom is -0.508 e. The highest BCUT2D eigenvalue weighted by Crippen LogP contribution is 2.18. The Morgan fingerprint density at radius 2 is 1.53 bits per heavy atom. The van der Waals surface area contributed by atoms with E-state index in [0.29, 0.717) is 5.75 Å². The third kappa shape index (κ3) is 5.01. The van der Waals surface area contributed by atoms with Crippen molar-refractivity contribution in [1.82, 2.24) is 0 Å². The number of ether oxygens (including phenoxy) is 2. The summed E-state index contributed by atoms with van der Waals surface area (Å²) >= 11 is 0. The van der Waals surface area contributed by atoms with E-state index in [1.807, 2.05) is 6.07 Å². The molecule has 0 radical (unpaired) electrons. The Hall–Kier alpha value is -2.04. The molecule has 0 unspecified atom stereocenters. The number of phenolic OH excluding ortho intramolecular Hbond substituents is 1. The number of aromatic hydroxyl groups is 1. The molecule has 0 aliphatic carbocycles. The second-order valence-corrected chi connectivity index (χ2v) is 3.86. The molecule has 0 aromatic heterocycles. The first-order valence-electron chi connectivity index (χ1n) is 5.07. The van der Waals surface area contributed by atoms with Crippen molar-refractivity contribution in [3.63, 3.8) is 0 Å². The van der Waals surface area contributed by atoms with Crippen LogP contribution in [-0.2, 0) is 19.1 Å². The fourth-order valence-corrected chi connectivity index (χ4v) is 1.19. The van der Waals surface area contributed by atoms with Gasteiger partial charge in [0.2, 0.25) is 0 Å². The second kappa shape index (κ2) is 5.34. The van der Waals surface area contributed by atoms with Crippen LogP contribution in [0.25, 0.3) is 0 Å². The molecule has 92 valence electrons. The molecule has 1 aliphatic heterocycles. The van der Waals surface area contributed by atoms with Gasteiger partial charge in [-0.3, -0.25) is 9.59 Å². The third-order valence-corrected chi connectivity index (χ3v) is 1.76. The Bertz CT molecular complexity index is 379. The fourth-order valence-electron chi connectivity index (χ4n) is 1.19. The molecule has 0 bridgehead atoms. The predicted octanol–water partition coefficient (Wildman–Crippen LogP) is 1.60. The number of phenols is 1. The lowest BCUT2D eigenvalue weighted by Crippen LogP contribution is -2.39. The van der Waals surface area contributed by atoms with Crippen LogP contribution < -0.4 is 0 Å². The summed E-state index contributed by atoms with van der Waals surface area (Å²) in [6.45, 7) is 3.03. The summed E-state index contributed by atoms with van der Waals surface area (Å²) in [7, 11) is 0. The number of para-hydroxylation sites is 1. The highest BCUT2D eigenvalue weighted by Gasteiger charge is 2.34. The van der Waals surface area contributed by atoms with Crippen molar-refractivity contribution < 1.29 is 24.2 Å². The van der Waals surface area contributed by atoms with E-state index in [4.69, 9.17) is 5.11 Å². The van der Waals surface area contributed by atoms with E-state index in [-0.39, 0.29) is 6.42 Å². The van der Waals surface area contributed by atoms with Gasteiger partial charge in [0.1, 0.15) is 12.2 Å². The van der Waals surface area contributed by atoms with E-state index in [2.05, 4.69) is 9.47 Å². The van der Waals surface area contributed by atoms with Crippen molar-refractivity contribution in [3.05, 3.63) is 30.3 Å². The van der Waals surface area contributed by atoms with Crippen LogP contribution in [0.4, 0.5) is 0 Å². The summed E-state index contributed by atoms with van der Waals surface area (Å²) in [6, 6.07) is 8.71. The largest absolute Gasteiger partial charge is 0.508 e. The first kappa shape index (κ1) is 13.0. The normalized spacial score (nSPS) is 17.3. The van der Waals surface area contributed by atoms with Gasteiger partial charge in [0.25, 0.3) is 5.79 Å². The lowest BCUT2D eigenvalue weighted by atomic mass is 10.3. The Balaban J connectivity index is 0.000000181. The first-order valence-corrected chi connectivity index (χ1v) is 5.07. The van der Waals surface area contributed by atoms with Crippen LogP contribution in [0.1, 0.15) is 20.3 Å². The summed E-state index contributed by atoms with van der Waals surface area (Å²) in [5, 5.41) is 8.63. The van der Waals surface area contributed by atoms with Crippen molar-refractivity contribution in [3.8, 4) is 5.75 Å². The minimum absolute atomic E-state index is 0.274. The summed E-state index contributed by atoms with van der Waals surface area (Å²) in [5.74, 6) is -1.81. The summed E-state index contributed by atoms with van der Waals surface area (Å²) in [6.07, 6.45) is -0.274. The zero-order valence-corrected chi connectivity index (χ0v) is 9.67. The average Bonchev–Trinajstić information content (AvgIpc) is 2.15. The average molecular weight is 238 g/mol. The number of cyclic esters (lactones) is 2. The van der Waals surface area contributed by atoms with Gasteiger partial charge in [-0.2, -0.15) is 0 Å². The summed E-state index contributed by atoms with van der Waals surface area (Å²) in [4.78, 5) is 21.1. The maximum atomic E-state index is 10.6. The van der Waals surface area contributed by atoms with E-state index in [0.717, 1.165) is 0 Å². The quantitative estimate of drug-likeness (QED) is 0.549. The Labute approximate surface area is 99.0 Å². The molecule has 5 nitrogen and oxygen atoms in total. The highest BCUT2D eigenvalue weighted by atomic mass is 16.7. The molecule has 5 heteroatoms. The number of rotatable bonds is 0. The van der Waals surface area contributed by atoms with E-state index >= 15 is 0 Å². The van der Waals surface area contributed by atoms with Crippen molar-refractivity contribution in [2.45, 2.75) is 26.1 Å². The summed E-state index contributed by atoms with van der Waals surface area (Å²) < 4.78 is 9.32. The van der Waals surface area contributed by atoms with Gasteiger partial charge in [0.05, 0.1) is 0 Å². The lowest BCUT2D eigenvalue weighted by molar-refractivity contribution is -0.231. The Morgan fingerprint density at radius 1 is 1.06 bits per heavy atom. The standard InChI is InChI=1S/C6H8O4.C6H6O/c1-6(2)9-4(7)3-5(8)10-6;7-6-4-2-1-3-5-6/h3H2,1-2H3;1-5,7H. The smallest absolute Gasteiger partial charge is 0.320 e. The van der Waals surface area contributed by atoms with Crippen molar-refractivity contribution in [1.29, 1.82) is 0 Å². The van der Waals surface area contributed by atoms with E-state index in [1.54, 1.807) is 24.3 Å². The van der Waals surface area contributed by atoms with Gasteiger partial charge in [0, 0.05) is 13.8 Å². The van der Waals surface area contributed by atoms with E-state index < -0.39 is 17.7 Å². The molecule has 2 rings (SSSR count). The van der Waals surface area contributed by atoms with Crippen LogP contribution in [0.2, 0.25) is 0 Å². The number of hydrogen-bond acceptors (Lipinski definition) is 5. The van der Waals surface area contributed by atoms with Gasteiger partial charge in [-0.15, -0.1) is 0 Å². The van der Waals surface area contributed by atoms with Crippen LogP contribution in [0.15, 0.2) is 30.3 Å². The topological polar surface area (TPSA) is 72.8 Å². The van der Waals surface area contributed by atoms with E-state index in [1.165, 1.54) is 13.8 Å². The molecule has 0 saturated carbocycles.